The zero-order valence-corrected chi connectivity index (χ0v) is 12.7. The van der Waals surface area contributed by atoms with E-state index in [1.54, 1.807) is 0 Å². The quantitative estimate of drug-likeness (QED) is 0.722. The first-order chi connectivity index (χ1) is 10.9. The van der Waals surface area contributed by atoms with Gasteiger partial charge in [0, 0.05) is 37.8 Å². The van der Waals surface area contributed by atoms with E-state index >= 15 is 0 Å². The van der Waals surface area contributed by atoms with E-state index in [1.807, 2.05) is 42.6 Å². The van der Waals surface area contributed by atoms with Gasteiger partial charge in [-0.2, -0.15) is 5.26 Å². The molecule has 2 aromatic rings. The number of nitriles is 1. The molecular weight excluding hydrogens is 274 g/mol. The molecular formula is C18H21N3O. The molecule has 0 fully saturated rings. The summed E-state index contributed by atoms with van der Waals surface area (Å²) in [5.41, 5.74) is 2.29. The Balaban J connectivity index is 1.70. The Morgan fingerprint density at radius 3 is 2.95 bits per heavy atom. The Bertz CT molecular complexity index is 593. The van der Waals surface area contributed by atoms with E-state index in [4.69, 9.17) is 10.00 Å². The monoisotopic (exact) mass is 295 g/mol. The van der Waals surface area contributed by atoms with Crippen molar-refractivity contribution < 1.29 is 4.74 Å². The molecule has 0 bridgehead atoms. The highest BCUT2D eigenvalue weighted by Gasteiger charge is 1.98. The second-order valence-corrected chi connectivity index (χ2v) is 5.01. The van der Waals surface area contributed by atoms with Crippen LogP contribution in [0.4, 0.5) is 0 Å². The maximum absolute atomic E-state index is 8.49. The molecule has 0 radical (unpaired) electrons. The Kier molecular flexibility index (Phi) is 6.94. The number of hydrogen-bond acceptors (Lipinski definition) is 4. The molecule has 0 spiro atoms. The summed E-state index contributed by atoms with van der Waals surface area (Å²) in [5.74, 6) is 0.863. The van der Waals surface area contributed by atoms with Gasteiger partial charge in [-0.05, 0) is 36.2 Å². The van der Waals surface area contributed by atoms with E-state index in [2.05, 4.69) is 22.4 Å². The number of rotatable bonds is 9. The predicted molar refractivity (Wildman–Crippen MR) is 86.4 cm³/mol. The van der Waals surface area contributed by atoms with Crippen LogP contribution in [0.3, 0.4) is 0 Å². The van der Waals surface area contributed by atoms with Crippen molar-refractivity contribution in [3.05, 3.63) is 59.9 Å². The van der Waals surface area contributed by atoms with Crippen molar-refractivity contribution in [2.45, 2.75) is 25.8 Å². The first-order valence-electron chi connectivity index (χ1n) is 7.58. The van der Waals surface area contributed by atoms with Crippen LogP contribution in [0, 0.1) is 11.3 Å². The van der Waals surface area contributed by atoms with Crippen molar-refractivity contribution in [1.29, 1.82) is 5.26 Å². The highest BCUT2D eigenvalue weighted by Crippen LogP contribution is 2.13. The van der Waals surface area contributed by atoms with Crippen molar-refractivity contribution in [1.82, 2.24) is 10.3 Å². The van der Waals surface area contributed by atoms with Crippen LogP contribution < -0.4 is 10.1 Å². The van der Waals surface area contributed by atoms with Gasteiger partial charge in [0.25, 0.3) is 0 Å². The van der Waals surface area contributed by atoms with Crippen LogP contribution in [-0.2, 0) is 13.0 Å². The average molecular weight is 295 g/mol. The van der Waals surface area contributed by atoms with Gasteiger partial charge in [-0.1, -0.05) is 18.2 Å². The maximum atomic E-state index is 8.49. The van der Waals surface area contributed by atoms with Gasteiger partial charge in [0.05, 0.1) is 12.7 Å². The Morgan fingerprint density at radius 2 is 2.14 bits per heavy atom. The molecule has 0 amide bonds. The molecule has 4 nitrogen and oxygen atoms in total. The molecule has 114 valence electrons. The zero-order valence-electron chi connectivity index (χ0n) is 12.7. The van der Waals surface area contributed by atoms with Gasteiger partial charge in [-0.15, -0.1) is 0 Å². The number of ether oxygens (including phenoxy) is 1. The lowest BCUT2D eigenvalue weighted by Crippen LogP contribution is -2.17. The first-order valence-corrected chi connectivity index (χ1v) is 7.58. The van der Waals surface area contributed by atoms with Gasteiger partial charge in [0.2, 0.25) is 0 Å². The zero-order chi connectivity index (χ0) is 15.5. The lowest BCUT2D eigenvalue weighted by atomic mass is 10.2. The predicted octanol–water partition coefficient (Wildman–Crippen LogP) is 3.10. The van der Waals surface area contributed by atoms with E-state index < -0.39 is 0 Å². The summed E-state index contributed by atoms with van der Waals surface area (Å²) in [5, 5.41) is 11.9. The molecule has 1 N–H and O–H groups in total. The molecule has 2 rings (SSSR count). The molecule has 22 heavy (non-hydrogen) atoms. The maximum Gasteiger partial charge on any atom is 0.119 e. The minimum atomic E-state index is 0.536. The molecule has 0 atom stereocenters. The number of unbranched alkanes of at least 4 members (excludes halogenated alkanes) is 1. The molecule has 1 aromatic heterocycles. The van der Waals surface area contributed by atoms with Crippen LogP contribution in [0.2, 0.25) is 0 Å². The standard InChI is InChI=1S/C18H21N3O/c19-10-2-4-13-22-18-8-5-6-16(14-18)15-20-12-9-17-7-1-3-11-21-17/h1,3,5-8,11,14,20H,2,4,9,12-13,15H2. The molecule has 0 aliphatic heterocycles. The fourth-order valence-corrected chi connectivity index (χ4v) is 2.08. The van der Waals surface area contributed by atoms with E-state index in [1.165, 1.54) is 5.56 Å². The van der Waals surface area contributed by atoms with Crippen molar-refractivity contribution in [3.63, 3.8) is 0 Å². The molecule has 0 aliphatic rings. The lowest BCUT2D eigenvalue weighted by molar-refractivity contribution is 0.312. The fraction of sp³-hybridized carbons (Fsp3) is 0.333. The second-order valence-electron chi connectivity index (χ2n) is 5.01. The van der Waals surface area contributed by atoms with Crippen molar-refractivity contribution in [2.75, 3.05) is 13.2 Å². The summed E-state index contributed by atoms with van der Waals surface area (Å²) in [4.78, 5) is 4.30. The van der Waals surface area contributed by atoms with Gasteiger partial charge >= 0.3 is 0 Å². The fourth-order valence-electron chi connectivity index (χ4n) is 2.08. The van der Waals surface area contributed by atoms with Crippen LogP contribution in [0.1, 0.15) is 24.1 Å². The van der Waals surface area contributed by atoms with E-state index in [-0.39, 0.29) is 0 Å². The summed E-state index contributed by atoms with van der Waals surface area (Å²) < 4.78 is 5.64. The van der Waals surface area contributed by atoms with Gasteiger partial charge < -0.3 is 10.1 Å². The number of nitrogens with one attached hydrogen (secondary N) is 1. The Labute approximate surface area is 131 Å². The topological polar surface area (TPSA) is 57.9 Å². The summed E-state index contributed by atoms with van der Waals surface area (Å²) in [7, 11) is 0. The van der Waals surface area contributed by atoms with Crippen LogP contribution in [0.5, 0.6) is 5.75 Å². The van der Waals surface area contributed by atoms with Gasteiger partial charge in [0.15, 0.2) is 0 Å². The normalized spacial score (nSPS) is 10.1. The Morgan fingerprint density at radius 1 is 1.18 bits per heavy atom. The SMILES string of the molecule is N#CCCCOc1cccc(CNCCc2ccccn2)c1. The van der Waals surface area contributed by atoms with E-state index in [0.717, 1.165) is 37.4 Å². The smallest absolute Gasteiger partial charge is 0.119 e. The molecule has 4 heteroatoms. The molecule has 0 saturated heterocycles. The number of benzene rings is 1. The van der Waals surface area contributed by atoms with Gasteiger partial charge in [-0.3, -0.25) is 4.98 Å². The van der Waals surface area contributed by atoms with Gasteiger partial charge in [-0.25, -0.2) is 0 Å². The van der Waals surface area contributed by atoms with Crippen LogP contribution in [-0.4, -0.2) is 18.1 Å². The first kappa shape index (κ1) is 16.0. The van der Waals surface area contributed by atoms with Crippen molar-refractivity contribution in [3.8, 4) is 11.8 Å². The van der Waals surface area contributed by atoms with Crippen molar-refractivity contribution >= 4 is 0 Å². The molecule has 0 saturated carbocycles. The van der Waals surface area contributed by atoms with Crippen molar-refractivity contribution in [2.24, 2.45) is 0 Å². The Hall–Kier alpha value is -2.38. The largest absolute Gasteiger partial charge is 0.494 e. The van der Waals surface area contributed by atoms with Gasteiger partial charge in [0.1, 0.15) is 5.75 Å². The number of hydrogen-bond donors (Lipinski definition) is 1. The van der Waals surface area contributed by atoms with Crippen LogP contribution in [0.25, 0.3) is 0 Å². The second kappa shape index (κ2) is 9.54. The summed E-state index contributed by atoms with van der Waals surface area (Å²) in [6.07, 6.45) is 4.05. The summed E-state index contributed by atoms with van der Waals surface area (Å²) in [6.45, 7) is 2.29. The van der Waals surface area contributed by atoms with Crippen LogP contribution >= 0.6 is 0 Å². The molecule has 1 aromatic carbocycles. The van der Waals surface area contributed by atoms with E-state index in [0.29, 0.717) is 13.0 Å². The highest BCUT2D eigenvalue weighted by atomic mass is 16.5. The lowest BCUT2D eigenvalue weighted by Gasteiger charge is -2.08. The molecule has 0 aliphatic carbocycles. The third-order valence-electron chi connectivity index (χ3n) is 3.21. The minimum Gasteiger partial charge on any atom is -0.494 e. The number of pyridine rings is 1. The van der Waals surface area contributed by atoms with Crippen LogP contribution in [0.15, 0.2) is 48.7 Å². The molecule has 0 unspecified atom stereocenters. The third-order valence-corrected chi connectivity index (χ3v) is 3.21. The minimum absolute atomic E-state index is 0.536. The third kappa shape index (κ3) is 5.94. The van der Waals surface area contributed by atoms with E-state index in [9.17, 15) is 0 Å². The summed E-state index contributed by atoms with van der Waals surface area (Å²) >= 11 is 0. The average Bonchev–Trinajstić information content (AvgIpc) is 2.57. The highest BCUT2D eigenvalue weighted by molar-refractivity contribution is 5.28. The molecule has 1 heterocycles. The number of aromatic nitrogens is 1. The summed E-state index contributed by atoms with van der Waals surface area (Å²) in [6, 6.07) is 16.2. The number of nitrogens with zero attached hydrogens (tertiary/aromatic N) is 2.